The minimum atomic E-state index is -0.117. The van der Waals surface area contributed by atoms with Gasteiger partial charge in [0.25, 0.3) is 0 Å². The number of benzene rings is 3. The SMILES string of the molecule is COc1ccc(S[C@H](C)C(=O)N2CCN(C(c3ccccc3)c3ccccc3)CC2)cc1. The maximum atomic E-state index is 13.1. The van der Waals surface area contributed by atoms with Crippen LogP contribution < -0.4 is 4.74 Å². The van der Waals surface area contributed by atoms with Crippen LogP contribution in [0.25, 0.3) is 0 Å². The Balaban J connectivity index is 1.40. The molecule has 1 atom stereocenters. The number of methoxy groups -OCH3 is 1. The molecule has 0 radical (unpaired) electrons. The van der Waals surface area contributed by atoms with Crippen molar-refractivity contribution < 1.29 is 9.53 Å². The molecule has 0 N–H and O–H groups in total. The van der Waals surface area contributed by atoms with Crippen LogP contribution in [-0.2, 0) is 4.79 Å². The third-order valence-corrected chi connectivity index (χ3v) is 7.04. The summed E-state index contributed by atoms with van der Waals surface area (Å²) in [6.07, 6.45) is 0. The maximum absolute atomic E-state index is 13.1. The minimum absolute atomic E-state index is 0.117. The fourth-order valence-electron chi connectivity index (χ4n) is 4.25. The Hall–Kier alpha value is -2.76. The second-order valence-corrected chi connectivity index (χ2v) is 9.43. The zero-order chi connectivity index (χ0) is 22.3. The van der Waals surface area contributed by atoms with Crippen LogP contribution in [0.2, 0.25) is 0 Å². The fourth-order valence-corrected chi connectivity index (χ4v) is 5.20. The summed E-state index contributed by atoms with van der Waals surface area (Å²) in [6.45, 7) is 5.23. The lowest BCUT2D eigenvalue weighted by atomic mass is 9.96. The van der Waals surface area contributed by atoms with E-state index >= 15 is 0 Å². The van der Waals surface area contributed by atoms with E-state index in [0.29, 0.717) is 0 Å². The number of rotatable bonds is 7. The van der Waals surface area contributed by atoms with Gasteiger partial charge in [-0.15, -0.1) is 11.8 Å². The third-order valence-electron chi connectivity index (χ3n) is 5.94. The quantitative estimate of drug-likeness (QED) is 0.472. The Morgan fingerprint density at radius 2 is 1.34 bits per heavy atom. The van der Waals surface area contributed by atoms with Gasteiger partial charge in [-0.1, -0.05) is 60.7 Å². The Kier molecular flexibility index (Phi) is 7.51. The van der Waals surface area contributed by atoms with Crippen LogP contribution in [0.1, 0.15) is 24.1 Å². The molecule has 0 aliphatic carbocycles. The molecule has 32 heavy (non-hydrogen) atoms. The lowest BCUT2D eigenvalue weighted by molar-refractivity contribution is -0.132. The molecule has 0 unspecified atom stereocenters. The predicted octanol–water partition coefficient (Wildman–Crippen LogP) is 5.11. The van der Waals surface area contributed by atoms with E-state index in [1.165, 1.54) is 11.1 Å². The monoisotopic (exact) mass is 446 g/mol. The van der Waals surface area contributed by atoms with Crippen molar-refractivity contribution in [3.05, 3.63) is 96.1 Å². The van der Waals surface area contributed by atoms with Crippen molar-refractivity contribution in [2.45, 2.75) is 23.1 Å². The highest BCUT2D eigenvalue weighted by Gasteiger charge is 2.30. The predicted molar refractivity (Wildman–Crippen MR) is 131 cm³/mol. The van der Waals surface area contributed by atoms with Gasteiger partial charge >= 0.3 is 0 Å². The van der Waals surface area contributed by atoms with Crippen molar-refractivity contribution in [2.75, 3.05) is 33.3 Å². The number of ether oxygens (including phenoxy) is 1. The van der Waals surface area contributed by atoms with Gasteiger partial charge in [-0.3, -0.25) is 9.69 Å². The van der Waals surface area contributed by atoms with Crippen molar-refractivity contribution in [3.8, 4) is 5.75 Å². The highest BCUT2D eigenvalue weighted by atomic mass is 32.2. The minimum Gasteiger partial charge on any atom is -0.497 e. The molecule has 0 bridgehead atoms. The average molecular weight is 447 g/mol. The number of piperazine rings is 1. The molecule has 3 aromatic carbocycles. The molecule has 0 aromatic heterocycles. The molecular formula is C27H30N2O2S. The van der Waals surface area contributed by atoms with Gasteiger partial charge in [0.2, 0.25) is 5.91 Å². The summed E-state index contributed by atoms with van der Waals surface area (Å²) >= 11 is 1.60. The van der Waals surface area contributed by atoms with Crippen molar-refractivity contribution in [2.24, 2.45) is 0 Å². The summed E-state index contributed by atoms with van der Waals surface area (Å²) < 4.78 is 5.22. The Morgan fingerprint density at radius 1 is 0.812 bits per heavy atom. The smallest absolute Gasteiger partial charge is 0.235 e. The van der Waals surface area contributed by atoms with Crippen LogP contribution in [0.15, 0.2) is 89.8 Å². The standard InChI is InChI=1S/C27H30N2O2S/c1-21(32-25-15-13-24(31-2)14-16-25)27(30)29-19-17-28(18-20-29)26(22-9-5-3-6-10-22)23-11-7-4-8-12-23/h3-16,21,26H,17-20H2,1-2H3/t21-/m1/s1. The number of hydrogen-bond acceptors (Lipinski definition) is 4. The maximum Gasteiger partial charge on any atom is 0.235 e. The van der Waals surface area contributed by atoms with Gasteiger partial charge in [0.15, 0.2) is 0 Å². The first kappa shape index (κ1) is 22.4. The number of thioether (sulfide) groups is 1. The van der Waals surface area contributed by atoms with Gasteiger partial charge < -0.3 is 9.64 Å². The normalized spacial score (nSPS) is 15.5. The third kappa shape index (κ3) is 5.34. The van der Waals surface area contributed by atoms with Crippen LogP contribution >= 0.6 is 11.8 Å². The summed E-state index contributed by atoms with van der Waals surface area (Å²) in [5.41, 5.74) is 2.59. The highest BCUT2D eigenvalue weighted by Crippen LogP contribution is 2.31. The van der Waals surface area contributed by atoms with E-state index in [-0.39, 0.29) is 17.2 Å². The van der Waals surface area contributed by atoms with E-state index in [1.807, 2.05) is 36.1 Å². The average Bonchev–Trinajstić information content (AvgIpc) is 2.86. The molecule has 4 nitrogen and oxygen atoms in total. The molecule has 1 aliphatic heterocycles. The second kappa shape index (κ2) is 10.7. The van der Waals surface area contributed by atoms with Crippen LogP contribution in [-0.4, -0.2) is 54.2 Å². The molecule has 1 amide bonds. The Labute approximate surface area is 195 Å². The molecule has 1 heterocycles. The van der Waals surface area contributed by atoms with Crippen molar-refractivity contribution in [1.82, 2.24) is 9.80 Å². The molecular weight excluding hydrogens is 416 g/mol. The van der Waals surface area contributed by atoms with Crippen LogP contribution in [0, 0.1) is 0 Å². The Morgan fingerprint density at radius 3 is 1.84 bits per heavy atom. The van der Waals surface area contributed by atoms with Crippen LogP contribution in [0.3, 0.4) is 0 Å². The van der Waals surface area contributed by atoms with E-state index in [9.17, 15) is 4.79 Å². The molecule has 4 rings (SSSR count). The molecule has 0 spiro atoms. The molecule has 166 valence electrons. The molecule has 1 aliphatic rings. The topological polar surface area (TPSA) is 32.8 Å². The number of carbonyl (C=O) groups is 1. The number of hydrogen-bond donors (Lipinski definition) is 0. The first-order chi connectivity index (χ1) is 15.7. The van der Waals surface area contributed by atoms with E-state index in [0.717, 1.165) is 36.8 Å². The first-order valence-electron chi connectivity index (χ1n) is 11.1. The molecule has 1 saturated heterocycles. The van der Waals surface area contributed by atoms with Crippen LogP contribution in [0.5, 0.6) is 5.75 Å². The lowest BCUT2D eigenvalue weighted by Crippen LogP contribution is -2.51. The Bertz CT molecular complexity index is 948. The summed E-state index contributed by atoms with van der Waals surface area (Å²) in [5.74, 6) is 1.04. The molecule has 3 aromatic rings. The van der Waals surface area contributed by atoms with E-state index < -0.39 is 0 Å². The second-order valence-electron chi connectivity index (χ2n) is 8.02. The van der Waals surface area contributed by atoms with Gasteiger partial charge in [-0.05, 0) is 42.3 Å². The van der Waals surface area contributed by atoms with E-state index in [1.54, 1.807) is 18.9 Å². The fraction of sp³-hybridized carbons (Fsp3) is 0.296. The van der Waals surface area contributed by atoms with Crippen molar-refractivity contribution in [3.63, 3.8) is 0 Å². The van der Waals surface area contributed by atoms with E-state index in [2.05, 4.69) is 65.6 Å². The molecule has 1 fully saturated rings. The van der Waals surface area contributed by atoms with Gasteiger partial charge in [0.1, 0.15) is 5.75 Å². The first-order valence-corrected chi connectivity index (χ1v) is 12.0. The number of amides is 1. The largest absolute Gasteiger partial charge is 0.497 e. The van der Waals surface area contributed by atoms with Crippen molar-refractivity contribution in [1.29, 1.82) is 0 Å². The van der Waals surface area contributed by atoms with Gasteiger partial charge in [0, 0.05) is 31.1 Å². The van der Waals surface area contributed by atoms with Gasteiger partial charge in [-0.2, -0.15) is 0 Å². The number of nitrogens with zero attached hydrogens (tertiary/aromatic N) is 2. The lowest BCUT2D eigenvalue weighted by Gasteiger charge is -2.40. The van der Waals surface area contributed by atoms with Gasteiger partial charge in [-0.25, -0.2) is 0 Å². The van der Waals surface area contributed by atoms with Gasteiger partial charge in [0.05, 0.1) is 18.4 Å². The van der Waals surface area contributed by atoms with Crippen molar-refractivity contribution >= 4 is 17.7 Å². The zero-order valence-electron chi connectivity index (χ0n) is 18.7. The zero-order valence-corrected chi connectivity index (χ0v) is 19.5. The van der Waals surface area contributed by atoms with Crippen LogP contribution in [0.4, 0.5) is 0 Å². The van der Waals surface area contributed by atoms with E-state index in [4.69, 9.17) is 4.74 Å². The molecule has 0 saturated carbocycles. The highest BCUT2D eigenvalue weighted by molar-refractivity contribution is 8.00. The summed E-state index contributed by atoms with van der Waals surface area (Å²) in [7, 11) is 1.66. The summed E-state index contributed by atoms with van der Waals surface area (Å²) in [5, 5.41) is -0.117. The molecule has 5 heteroatoms. The number of carbonyl (C=O) groups excluding carboxylic acids is 1. The summed E-state index contributed by atoms with van der Waals surface area (Å²) in [4.78, 5) is 18.7. The summed E-state index contributed by atoms with van der Waals surface area (Å²) in [6, 6.07) is 29.4.